The van der Waals surface area contributed by atoms with Crippen LogP contribution in [-0.4, -0.2) is 9.97 Å². The summed E-state index contributed by atoms with van der Waals surface area (Å²) >= 11 is 0. The average molecular weight is 228 g/mol. The van der Waals surface area contributed by atoms with Crippen molar-refractivity contribution in [1.29, 1.82) is 0 Å². The molecule has 0 bridgehead atoms. The Morgan fingerprint density at radius 2 is 1.94 bits per heavy atom. The largest absolute Gasteiger partial charge is 0.308 e. The fraction of sp³-hybridized carbons (Fsp3) is 0.231. The molecule has 0 radical (unpaired) electrons. The van der Waals surface area contributed by atoms with Crippen LogP contribution in [0.25, 0.3) is 11.3 Å². The van der Waals surface area contributed by atoms with Crippen molar-refractivity contribution in [3.63, 3.8) is 0 Å². The van der Waals surface area contributed by atoms with Crippen LogP contribution < -0.4 is 11.3 Å². The van der Waals surface area contributed by atoms with Gasteiger partial charge in [0.1, 0.15) is 11.6 Å². The normalized spacial score (nSPS) is 10.2. The van der Waals surface area contributed by atoms with Crippen molar-refractivity contribution in [2.75, 3.05) is 5.43 Å². The maximum atomic E-state index is 5.42. The van der Waals surface area contributed by atoms with E-state index in [1.165, 1.54) is 0 Å². The highest BCUT2D eigenvalue weighted by Gasteiger charge is 2.05. The molecule has 17 heavy (non-hydrogen) atoms. The molecule has 4 heteroatoms. The second-order valence-corrected chi connectivity index (χ2v) is 3.82. The van der Waals surface area contributed by atoms with Gasteiger partial charge in [0.25, 0.3) is 0 Å². The first kappa shape index (κ1) is 11.5. The molecule has 4 nitrogen and oxygen atoms in total. The molecule has 1 aromatic carbocycles. The van der Waals surface area contributed by atoms with E-state index in [2.05, 4.69) is 22.3 Å². The van der Waals surface area contributed by atoms with Crippen molar-refractivity contribution in [2.45, 2.75) is 19.8 Å². The van der Waals surface area contributed by atoms with Crippen LogP contribution in [0.2, 0.25) is 0 Å². The van der Waals surface area contributed by atoms with Crippen LogP contribution in [0.3, 0.4) is 0 Å². The van der Waals surface area contributed by atoms with Gasteiger partial charge in [-0.25, -0.2) is 15.8 Å². The molecule has 0 aliphatic rings. The SMILES string of the molecule is CCCc1nc(NN)cc(-c2ccccc2)n1. The summed E-state index contributed by atoms with van der Waals surface area (Å²) in [6.07, 6.45) is 1.87. The molecule has 2 aromatic rings. The van der Waals surface area contributed by atoms with Gasteiger partial charge in [0.05, 0.1) is 5.69 Å². The predicted octanol–water partition coefficient (Wildman–Crippen LogP) is 2.38. The zero-order valence-electron chi connectivity index (χ0n) is 9.85. The lowest BCUT2D eigenvalue weighted by Gasteiger charge is -2.07. The van der Waals surface area contributed by atoms with Gasteiger partial charge >= 0.3 is 0 Å². The lowest BCUT2D eigenvalue weighted by atomic mass is 10.1. The molecule has 3 N–H and O–H groups in total. The van der Waals surface area contributed by atoms with Crippen LogP contribution in [0.4, 0.5) is 5.82 Å². The van der Waals surface area contributed by atoms with E-state index < -0.39 is 0 Å². The van der Waals surface area contributed by atoms with Gasteiger partial charge in [-0.15, -0.1) is 0 Å². The van der Waals surface area contributed by atoms with Crippen LogP contribution >= 0.6 is 0 Å². The Balaban J connectivity index is 2.43. The third-order valence-electron chi connectivity index (χ3n) is 2.46. The number of nitrogens with two attached hydrogens (primary N) is 1. The minimum Gasteiger partial charge on any atom is -0.308 e. The number of hydrogen-bond acceptors (Lipinski definition) is 4. The molecule has 0 fully saturated rings. The number of nitrogen functional groups attached to an aromatic ring is 1. The van der Waals surface area contributed by atoms with E-state index in [4.69, 9.17) is 5.84 Å². The van der Waals surface area contributed by atoms with E-state index in [0.29, 0.717) is 5.82 Å². The first-order valence-corrected chi connectivity index (χ1v) is 5.73. The Labute approximate surface area is 101 Å². The summed E-state index contributed by atoms with van der Waals surface area (Å²) in [6, 6.07) is 11.9. The highest BCUT2D eigenvalue weighted by atomic mass is 15.3. The number of benzene rings is 1. The molecule has 0 saturated heterocycles. The number of aryl methyl sites for hydroxylation is 1. The van der Waals surface area contributed by atoms with E-state index in [0.717, 1.165) is 29.9 Å². The van der Waals surface area contributed by atoms with Gasteiger partial charge in [-0.05, 0) is 6.42 Å². The fourth-order valence-electron chi connectivity index (χ4n) is 1.66. The summed E-state index contributed by atoms with van der Waals surface area (Å²) < 4.78 is 0. The second kappa shape index (κ2) is 5.41. The zero-order valence-corrected chi connectivity index (χ0v) is 9.85. The molecule has 0 aliphatic carbocycles. The third kappa shape index (κ3) is 2.79. The van der Waals surface area contributed by atoms with Gasteiger partial charge in [-0.2, -0.15) is 0 Å². The summed E-state index contributed by atoms with van der Waals surface area (Å²) in [4.78, 5) is 8.85. The van der Waals surface area contributed by atoms with Gasteiger partial charge in [0.15, 0.2) is 0 Å². The molecule has 0 aliphatic heterocycles. The summed E-state index contributed by atoms with van der Waals surface area (Å²) in [7, 11) is 0. The Morgan fingerprint density at radius 3 is 2.59 bits per heavy atom. The lowest BCUT2D eigenvalue weighted by molar-refractivity contribution is 0.837. The van der Waals surface area contributed by atoms with Gasteiger partial charge in [-0.1, -0.05) is 37.3 Å². The minimum absolute atomic E-state index is 0.655. The molecule has 1 aromatic heterocycles. The van der Waals surface area contributed by atoms with Crippen molar-refractivity contribution in [3.8, 4) is 11.3 Å². The van der Waals surface area contributed by atoms with Crippen LogP contribution in [0.15, 0.2) is 36.4 Å². The minimum atomic E-state index is 0.655. The monoisotopic (exact) mass is 228 g/mol. The lowest BCUT2D eigenvalue weighted by Crippen LogP contribution is -2.10. The van der Waals surface area contributed by atoms with Crippen molar-refractivity contribution in [1.82, 2.24) is 9.97 Å². The number of hydrazine groups is 1. The van der Waals surface area contributed by atoms with E-state index in [1.807, 2.05) is 36.4 Å². The molecule has 1 heterocycles. The Bertz CT molecular complexity index is 482. The van der Waals surface area contributed by atoms with Gasteiger partial charge in [-0.3, -0.25) is 0 Å². The summed E-state index contributed by atoms with van der Waals surface area (Å²) in [5.41, 5.74) is 4.56. The quantitative estimate of drug-likeness (QED) is 0.623. The topological polar surface area (TPSA) is 63.8 Å². The first-order chi connectivity index (χ1) is 8.33. The smallest absolute Gasteiger partial charge is 0.144 e. The zero-order chi connectivity index (χ0) is 12.1. The second-order valence-electron chi connectivity index (χ2n) is 3.82. The maximum absolute atomic E-state index is 5.42. The maximum Gasteiger partial charge on any atom is 0.144 e. The molecule has 88 valence electrons. The molecule has 0 unspecified atom stereocenters. The number of rotatable bonds is 4. The van der Waals surface area contributed by atoms with Crippen molar-refractivity contribution in [2.24, 2.45) is 5.84 Å². The first-order valence-electron chi connectivity index (χ1n) is 5.73. The van der Waals surface area contributed by atoms with E-state index in [9.17, 15) is 0 Å². The van der Waals surface area contributed by atoms with Crippen molar-refractivity contribution >= 4 is 5.82 Å². The molecular weight excluding hydrogens is 212 g/mol. The van der Waals surface area contributed by atoms with Crippen LogP contribution in [-0.2, 0) is 6.42 Å². The van der Waals surface area contributed by atoms with Crippen LogP contribution in [0, 0.1) is 0 Å². The number of nitrogens with zero attached hydrogens (tertiary/aromatic N) is 2. The highest BCUT2D eigenvalue weighted by molar-refractivity contribution is 5.62. The Hall–Kier alpha value is -1.94. The van der Waals surface area contributed by atoms with Crippen molar-refractivity contribution in [3.05, 3.63) is 42.2 Å². The Kier molecular flexibility index (Phi) is 3.67. The summed E-state index contributed by atoms with van der Waals surface area (Å²) in [5, 5.41) is 0. The number of nitrogens with one attached hydrogen (secondary N) is 1. The average Bonchev–Trinajstić information content (AvgIpc) is 2.40. The highest BCUT2D eigenvalue weighted by Crippen LogP contribution is 2.19. The molecule has 0 spiro atoms. The number of anilines is 1. The summed E-state index contributed by atoms with van der Waals surface area (Å²) in [5.74, 6) is 6.90. The molecular formula is C13H16N4. The van der Waals surface area contributed by atoms with Crippen LogP contribution in [0.1, 0.15) is 19.2 Å². The van der Waals surface area contributed by atoms with Crippen molar-refractivity contribution < 1.29 is 0 Å². The molecule has 2 rings (SSSR count). The fourth-order valence-corrected chi connectivity index (χ4v) is 1.66. The van der Waals surface area contributed by atoms with E-state index in [-0.39, 0.29) is 0 Å². The van der Waals surface area contributed by atoms with Gasteiger partial charge in [0, 0.05) is 18.1 Å². The van der Waals surface area contributed by atoms with Gasteiger partial charge in [0.2, 0.25) is 0 Å². The van der Waals surface area contributed by atoms with Crippen LogP contribution in [0.5, 0.6) is 0 Å². The molecule has 0 atom stereocenters. The Morgan fingerprint density at radius 1 is 1.18 bits per heavy atom. The third-order valence-corrected chi connectivity index (χ3v) is 2.46. The number of hydrogen-bond donors (Lipinski definition) is 2. The summed E-state index contributed by atoms with van der Waals surface area (Å²) in [6.45, 7) is 2.11. The molecule has 0 saturated carbocycles. The predicted molar refractivity (Wildman–Crippen MR) is 69.3 cm³/mol. The van der Waals surface area contributed by atoms with E-state index in [1.54, 1.807) is 0 Å². The molecule has 0 amide bonds. The van der Waals surface area contributed by atoms with Gasteiger partial charge < -0.3 is 5.43 Å². The number of aromatic nitrogens is 2. The standard InChI is InChI=1S/C13H16N4/c1-2-6-12-15-11(9-13(16-12)17-14)10-7-4-3-5-8-10/h3-5,7-9H,2,6,14H2,1H3,(H,15,16,17). The van der Waals surface area contributed by atoms with E-state index >= 15 is 0 Å².